The topological polar surface area (TPSA) is 78.9 Å². The second-order valence-corrected chi connectivity index (χ2v) is 19.6. The van der Waals surface area contributed by atoms with Crippen molar-refractivity contribution < 1.29 is 28.6 Å². The Balaban J connectivity index is 4.26. The van der Waals surface area contributed by atoms with Gasteiger partial charge in [-0.3, -0.25) is 14.4 Å². The van der Waals surface area contributed by atoms with Gasteiger partial charge >= 0.3 is 17.9 Å². The zero-order valence-corrected chi connectivity index (χ0v) is 40.5. The van der Waals surface area contributed by atoms with Crippen LogP contribution in [0.15, 0.2) is 0 Å². The highest BCUT2D eigenvalue weighted by molar-refractivity contribution is 5.71. The van der Waals surface area contributed by atoms with Crippen LogP contribution >= 0.6 is 0 Å². The Morgan fingerprint density at radius 3 is 0.729 bits per heavy atom. The average Bonchev–Trinajstić information content (AvgIpc) is 3.19. The first kappa shape index (κ1) is 57.4. The van der Waals surface area contributed by atoms with Crippen molar-refractivity contribution in [1.29, 1.82) is 0 Å². The van der Waals surface area contributed by atoms with Crippen LogP contribution in [0.5, 0.6) is 0 Å². The third-order valence-electron chi connectivity index (χ3n) is 11.9. The lowest BCUT2D eigenvalue weighted by molar-refractivity contribution is -0.167. The molecule has 0 saturated carbocycles. The summed E-state index contributed by atoms with van der Waals surface area (Å²) in [6.45, 7) is 13.7. The molecule has 350 valence electrons. The number of rotatable bonds is 46. The maximum Gasteiger partial charge on any atom is 0.306 e. The molecule has 0 aromatic rings. The summed E-state index contributed by atoms with van der Waals surface area (Å²) < 4.78 is 16.8. The number of esters is 3. The van der Waals surface area contributed by atoms with Crippen LogP contribution in [0.1, 0.15) is 286 Å². The molecule has 0 radical (unpaired) electrons. The molecule has 59 heavy (non-hydrogen) atoms. The summed E-state index contributed by atoms with van der Waals surface area (Å²) in [7, 11) is 0. The normalized spacial score (nSPS) is 12.2. The molecule has 0 aliphatic carbocycles. The summed E-state index contributed by atoms with van der Waals surface area (Å²) in [5.74, 6) is 1.59. The van der Waals surface area contributed by atoms with Gasteiger partial charge in [-0.05, 0) is 37.0 Å². The van der Waals surface area contributed by atoms with E-state index >= 15 is 0 Å². The molecule has 0 fully saturated rings. The van der Waals surface area contributed by atoms with Crippen LogP contribution in [0.25, 0.3) is 0 Å². The fraction of sp³-hybridized carbons (Fsp3) is 0.943. The predicted octanol–water partition coefficient (Wildman–Crippen LogP) is 16.8. The number of hydrogen-bond donors (Lipinski definition) is 0. The number of ether oxygens (including phenoxy) is 3. The molecule has 0 heterocycles. The van der Waals surface area contributed by atoms with Crippen molar-refractivity contribution in [2.75, 3.05) is 13.2 Å². The highest BCUT2D eigenvalue weighted by atomic mass is 16.6. The van der Waals surface area contributed by atoms with Gasteiger partial charge in [0.15, 0.2) is 6.10 Å². The fourth-order valence-electron chi connectivity index (χ4n) is 7.94. The van der Waals surface area contributed by atoms with Crippen molar-refractivity contribution in [1.82, 2.24) is 0 Å². The minimum absolute atomic E-state index is 0.0650. The Kier molecular flexibility index (Phi) is 43.3. The van der Waals surface area contributed by atoms with Crippen molar-refractivity contribution >= 4 is 17.9 Å². The van der Waals surface area contributed by atoms with E-state index < -0.39 is 6.10 Å². The van der Waals surface area contributed by atoms with E-state index in [-0.39, 0.29) is 31.1 Å². The molecule has 0 unspecified atom stereocenters. The quantitative estimate of drug-likeness (QED) is 0.0345. The van der Waals surface area contributed by atoms with E-state index in [1.54, 1.807) is 0 Å². The van der Waals surface area contributed by atoms with Crippen LogP contribution in [0.4, 0.5) is 0 Å². The van der Waals surface area contributed by atoms with Gasteiger partial charge < -0.3 is 14.2 Å². The van der Waals surface area contributed by atoms with Gasteiger partial charge in [0, 0.05) is 19.3 Å². The zero-order chi connectivity index (χ0) is 43.4. The minimum Gasteiger partial charge on any atom is -0.462 e. The number of carbonyl (C=O) groups is 3. The molecule has 0 amide bonds. The zero-order valence-electron chi connectivity index (χ0n) is 40.5. The van der Waals surface area contributed by atoms with Crippen molar-refractivity contribution in [3.8, 4) is 0 Å². The third-order valence-corrected chi connectivity index (χ3v) is 11.9. The van der Waals surface area contributed by atoms with Gasteiger partial charge in [0.1, 0.15) is 13.2 Å². The minimum atomic E-state index is -0.763. The van der Waals surface area contributed by atoms with E-state index in [0.717, 1.165) is 75.5 Å². The highest BCUT2D eigenvalue weighted by Crippen LogP contribution is 2.18. The van der Waals surface area contributed by atoms with Crippen LogP contribution in [-0.4, -0.2) is 37.2 Å². The summed E-state index contributed by atoms with van der Waals surface area (Å²) in [5.41, 5.74) is 0. The molecule has 0 N–H and O–H groups in total. The van der Waals surface area contributed by atoms with E-state index in [0.29, 0.717) is 19.3 Å². The SMILES string of the molecule is CC(C)CCCCCCCCCCCCCCCCCC(=O)OC[C@@H](COC(=O)CCCCCCCCCC(C)C)OC(=O)CCCCCCCCCCCCC(C)C. The van der Waals surface area contributed by atoms with Gasteiger partial charge in [-0.25, -0.2) is 0 Å². The largest absolute Gasteiger partial charge is 0.462 e. The van der Waals surface area contributed by atoms with Gasteiger partial charge in [0.05, 0.1) is 0 Å². The summed E-state index contributed by atoms with van der Waals surface area (Å²) in [6, 6.07) is 0. The molecule has 0 aliphatic heterocycles. The Bertz CT molecular complexity index is 914. The lowest BCUT2D eigenvalue weighted by Gasteiger charge is -2.18. The molecule has 0 aromatic carbocycles. The van der Waals surface area contributed by atoms with Crippen LogP contribution in [-0.2, 0) is 28.6 Å². The molecule has 0 spiro atoms. The van der Waals surface area contributed by atoms with Gasteiger partial charge in [0.25, 0.3) is 0 Å². The van der Waals surface area contributed by atoms with E-state index in [4.69, 9.17) is 14.2 Å². The van der Waals surface area contributed by atoms with Crippen molar-refractivity contribution in [2.24, 2.45) is 17.8 Å². The molecule has 0 aliphatic rings. The molecule has 0 bridgehead atoms. The fourth-order valence-corrected chi connectivity index (χ4v) is 7.94. The summed E-state index contributed by atoms with van der Waals surface area (Å²) in [6.07, 6.45) is 43.9. The number of hydrogen-bond acceptors (Lipinski definition) is 6. The Labute approximate surface area is 368 Å². The molecule has 0 aromatic heterocycles. The molecular formula is C53H102O6. The highest BCUT2D eigenvalue weighted by Gasteiger charge is 2.19. The maximum atomic E-state index is 12.8. The van der Waals surface area contributed by atoms with Crippen LogP contribution in [0.3, 0.4) is 0 Å². The third kappa shape index (κ3) is 47.3. The van der Waals surface area contributed by atoms with Gasteiger partial charge in [-0.2, -0.15) is 0 Å². The summed E-state index contributed by atoms with van der Waals surface area (Å²) >= 11 is 0. The molecule has 6 nitrogen and oxygen atoms in total. The van der Waals surface area contributed by atoms with E-state index in [9.17, 15) is 14.4 Å². The summed E-state index contributed by atoms with van der Waals surface area (Å²) in [4.78, 5) is 37.9. The van der Waals surface area contributed by atoms with Crippen molar-refractivity contribution in [3.05, 3.63) is 0 Å². The molecule has 0 rings (SSSR count). The standard InChI is InChI=1S/C53H102O6/c1-47(2)39-33-27-21-16-12-10-8-7-9-11-13-18-24-30-36-42-51(54)57-45-50(46-58-52(55)43-37-31-26-20-23-29-35-41-49(5)6)59-53(56)44-38-32-25-19-15-14-17-22-28-34-40-48(3)4/h47-50H,7-46H2,1-6H3/t50-/m0/s1. The van der Waals surface area contributed by atoms with Crippen molar-refractivity contribution in [3.63, 3.8) is 0 Å². The first-order valence-electron chi connectivity index (χ1n) is 26.1. The number of carbonyl (C=O) groups excluding carboxylic acids is 3. The maximum absolute atomic E-state index is 12.8. The average molecular weight is 835 g/mol. The predicted molar refractivity (Wildman–Crippen MR) is 252 cm³/mol. The van der Waals surface area contributed by atoms with E-state index in [1.807, 2.05) is 0 Å². The van der Waals surface area contributed by atoms with Gasteiger partial charge in [-0.1, -0.05) is 247 Å². The van der Waals surface area contributed by atoms with Crippen LogP contribution < -0.4 is 0 Å². The van der Waals surface area contributed by atoms with Crippen LogP contribution in [0, 0.1) is 17.8 Å². The van der Waals surface area contributed by atoms with E-state index in [2.05, 4.69) is 41.5 Å². The van der Waals surface area contributed by atoms with Crippen LogP contribution in [0.2, 0.25) is 0 Å². The Hall–Kier alpha value is -1.59. The van der Waals surface area contributed by atoms with E-state index in [1.165, 1.54) is 167 Å². The van der Waals surface area contributed by atoms with Gasteiger partial charge in [-0.15, -0.1) is 0 Å². The molecule has 1 atom stereocenters. The molecule has 6 heteroatoms. The smallest absolute Gasteiger partial charge is 0.306 e. The first-order chi connectivity index (χ1) is 28.6. The Morgan fingerprint density at radius 1 is 0.288 bits per heavy atom. The first-order valence-corrected chi connectivity index (χ1v) is 26.1. The lowest BCUT2D eigenvalue weighted by Crippen LogP contribution is -2.30. The second-order valence-electron chi connectivity index (χ2n) is 19.6. The lowest BCUT2D eigenvalue weighted by atomic mass is 10.0. The van der Waals surface area contributed by atoms with Gasteiger partial charge in [0.2, 0.25) is 0 Å². The molecule has 0 saturated heterocycles. The second kappa shape index (κ2) is 44.5. The summed E-state index contributed by atoms with van der Waals surface area (Å²) in [5, 5.41) is 0. The Morgan fingerprint density at radius 2 is 0.492 bits per heavy atom. The number of unbranched alkanes of at least 4 members (excludes halogenated alkanes) is 29. The molecular weight excluding hydrogens is 733 g/mol. The monoisotopic (exact) mass is 835 g/mol. The van der Waals surface area contributed by atoms with Crippen molar-refractivity contribution in [2.45, 2.75) is 292 Å².